The molecule has 2 fully saturated rings. The highest BCUT2D eigenvalue weighted by Gasteiger charge is 2.52. The number of nitrogens with zero attached hydrogens (tertiary/aromatic N) is 4. The number of ether oxygens (including phenoxy) is 1. The van der Waals surface area contributed by atoms with Gasteiger partial charge in [-0.15, -0.1) is 0 Å². The van der Waals surface area contributed by atoms with Gasteiger partial charge in [-0.2, -0.15) is 5.26 Å². The largest absolute Gasteiger partial charge is 0.379 e. The van der Waals surface area contributed by atoms with E-state index in [0.29, 0.717) is 23.8 Å². The normalized spacial score (nSPS) is 23.0. The molecule has 0 bridgehead atoms. The summed E-state index contributed by atoms with van der Waals surface area (Å²) in [4.78, 5) is 10.3. The van der Waals surface area contributed by atoms with Crippen LogP contribution in [0.2, 0.25) is 5.02 Å². The molecule has 5 nitrogen and oxygen atoms in total. The summed E-state index contributed by atoms with van der Waals surface area (Å²) in [5.74, 6) is 0.888. The van der Waals surface area contributed by atoms with Crippen LogP contribution >= 0.6 is 23.8 Å². The molecule has 2 saturated heterocycles. The maximum Gasteiger partial charge on any atom is 0.133 e. The lowest BCUT2D eigenvalue weighted by Crippen LogP contribution is -2.52. The first kappa shape index (κ1) is 21.0. The zero-order valence-corrected chi connectivity index (χ0v) is 18.6. The van der Waals surface area contributed by atoms with Crippen LogP contribution in [0, 0.1) is 16.7 Å². The molecule has 4 rings (SSSR count). The van der Waals surface area contributed by atoms with Crippen LogP contribution in [0.3, 0.4) is 0 Å². The topological polar surface area (TPSA) is 51.9 Å². The molecule has 30 heavy (non-hydrogen) atoms. The molecule has 1 atom stereocenters. The molecule has 0 unspecified atom stereocenters. The summed E-state index contributed by atoms with van der Waals surface area (Å²) < 4.78 is 5.58. The van der Waals surface area contributed by atoms with Crippen molar-refractivity contribution in [3.63, 3.8) is 0 Å². The molecule has 0 amide bonds. The first-order valence-electron chi connectivity index (χ1n) is 9.92. The summed E-state index contributed by atoms with van der Waals surface area (Å²) in [5.41, 5.74) is 2.05. The number of benzene rings is 2. The van der Waals surface area contributed by atoms with Crippen LogP contribution in [-0.2, 0) is 4.74 Å². The lowest BCUT2D eigenvalue weighted by Gasteiger charge is -2.38. The zero-order valence-electron chi connectivity index (χ0n) is 17.0. The number of hydrogen-bond acceptors (Lipinski definition) is 5. The summed E-state index contributed by atoms with van der Waals surface area (Å²) in [7, 11) is 0. The minimum absolute atomic E-state index is 0.0141. The van der Waals surface area contributed by atoms with Crippen molar-refractivity contribution in [1.29, 1.82) is 5.26 Å². The molecule has 0 saturated carbocycles. The van der Waals surface area contributed by atoms with Gasteiger partial charge in [-0.05, 0) is 48.5 Å². The number of hydrogen-bond donors (Lipinski definition) is 0. The van der Waals surface area contributed by atoms with Gasteiger partial charge in [0.25, 0.3) is 0 Å². The standard InChI is InChI=1S/C23H23ClN4OS/c1-23(2)20(27-11-13-29-14-12-27)21(26-18-7-5-17(24)6-8-18)28(22(23)30)19-9-3-16(15-25)4-10-19/h3-10,20H,11-14H2,1-2H3/t20-/m0/s1. The molecule has 154 valence electrons. The quantitative estimate of drug-likeness (QED) is 0.643. The van der Waals surface area contributed by atoms with Gasteiger partial charge in [0.05, 0.1) is 41.6 Å². The maximum atomic E-state index is 9.17. The van der Waals surface area contributed by atoms with Crippen molar-refractivity contribution in [1.82, 2.24) is 4.90 Å². The Morgan fingerprint density at radius 3 is 2.33 bits per heavy atom. The Morgan fingerprint density at radius 1 is 1.10 bits per heavy atom. The second kappa shape index (κ2) is 8.44. The predicted molar refractivity (Wildman–Crippen MR) is 125 cm³/mol. The minimum Gasteiger partial charge on any atom is -0.379 e. The van der Waals surface area contributed by atoms with Crippen molar-refractivity contribution in [2.75, 3.05) is 31.2 Å². The van der Waals surface area contributed by atoms with Crippen LogP contribution in [0.15, 0.2) is 53.5 Å². The van der Waals surface area contributed by atoms with Crippen LogP contribution in [0.5, 0.6) is 0 Å². The van der Waals surface area contributed by atoms with Crippen LogP contribution in [0.1, 0.15) is 19.4 Å². The number of amidine groups is 1. The Kier molecular flexibility index (Phi) is 5.90. The fraction of sp³-hybridized carbons (Fsp3) is 0.348. The van der Waals surface area contributed by atoms with E-state index in [1.165, 1.54) is 0 Å². The van der Waals surface area contributed by atoms with E-state index >= 15 is 0 Å². The third kappa shape index (κ3) is 3.86. The molecule has 0 N–H and O–H groups in total. The number of rotatable bonds is 3. The highest BCUT2D eigenvalue weighted by molar-refractivity contribution is 7.80. The molecule has 2 aliphatic rings. The average molecular weight is 439 g/mol. The fourth-order valence-electron chi connectivity index (χ4n) is 4.10. The molecule has 2 aliphatic heterocycles. The smallest absolute Gasteiger partial charge is 0.133 e. The summed E-state index contributed by atoms with van der Waals surface area (Å²) in [6.07, 6.45) is 0. The number of anilines is 1. The summed E-state index contributed by atoms with van der Waals surface area (Å²) in [5, 5.41) is 9.84. The van der Waals surface area contributed by atoms with E-state index in [9.17, 15) is 0 Å². The Balaban J connectivity index is 1.84. The molecular weight excluding hydrogens is 416 g/mol. The number of halogens is 1. The van der Waals surface area contributed by atoms with Crippen molar-refractivity contribution in [2.45, 2.75) is 19.9 Å². The van der Waals surface area contributed by atoms with Crippen LogP contribution in [-0.4, -0.2) is 48.1 Å². The molecule has 0 spiro atoms. The van der Waals surface area contributed by atoms with Gasteiger partial charge in [0.1, 0.15) is 5.84 Å². The van der Waals surface area contributed by atoms with Crippen molar-refractivity contribution in [3.05, 3.63) is 59.1 Å². The Hall–Kier alpha value is -2.30. The van der Waals surface area contributed by atoms with E-state index < -0.39 is 0 Å². The van der Waals surface area contributed by atoms with Gasteiger partial charge in [-0.3, -0.25) is 9.80 Å². The van der Waals surface area contributed by atoms with E-state index in [0.717, 1.165) is 35.3 Å². The zero-order chi connectivity index (χ0) is 21.3. The Morgan fingerprint density at radius 2 is 1.73 bits per heavy atom. The molecule has 2 heterocycles. The highest BCUT2D eigenvalue weighted by atomic mass is 35.5. The molecule has 0 aliphatic carbocycles. The number of thiocarbonyl (C=S) groups is 1. The van der Waals surface area contributed by atoms with Gasteiger partial charge in [0.15, 0.2) is 0 Å². The predicted octanol–water partition coefficient (Wildman–Crippen LogP) is 4.82. The van der Waals surface area contributed by atoms with Gasteiger partial charge in [0, 0.05) is 29.2 Å². The van der Waals surface area contributed by atoms with E-state index in [1.807, 2.05) is 48.5 Å². The van der Waals surface area contributed by atoms with Gasteiger partial charge in [-0.25, -0.2) is 4.99 Å². The maximum absolute atomic E-state index is 9.17. The van der Waals surface area contributed by atoms with Gasteiger partial charge in [-0.1, -0.05) is 37.7 Å². The summed E-state index contributed by atoms with van der Waals surface area (Å²) in [6, 6.07) is 17.2. The van der Waals surface area contributed by atoms with Crippen LogP contribution in [0.4, 0.5) is 11.4 Å². The summed E-state index contributed by atoms with van der Waals surface area (Å²) >= 11 is 12.1. The Bertz CT molecular complexity index is 1000. The van der Waals surface area contributed by atoms with Crippen molar-refractivity contribution < 1.29 is 4.74 Å². The average Bonchev–Trinajstić information content (AvgIpc) is 2.95. The molecular formula is C23H23ClN4OS. The molecule has 7 heteroatoms. The van der Waals surface area contributed by atoms with Crippen molar-refractivity contribution in [3.8, 4) is 6.07 Å². The minimum atomic E-state index is -0.300. The SMILES string of the molecule is CC1(C)C(=S)N(c2ccc(C#N)cc2)C(=Nc2ccc(Cl)cc2)[C@@H]1N1CCOCC1. The third-order valence-electron chi connectivity index (χ3n) is 5.65. The molecule has 0 aromatic heterocycles. The van der Waals surface area contributed by atoms with Crippen LogP contribution in [0.25, 0.3) is 0 Å². The molecule has 2 aromatic carbocycles. The van der Waals surface area contributed by atoms with Gasteiger partial charge >= 0.3 is 0 Å². The lowest BCUT2D eigenvalue weighted by atomic mass is 9.85. The number of aliphatic imine (C=N–C) groups is 1. The lowest BCUT2D eigenvalue weighted by molar-refractivity contribution is 0.0173. The van der Waals surface area contributed by atoms with Gasteiger partial charge < -0.3 is 4.74 Å². The number of morpholine rings is 1. The number of nitriles is 1. The first-order chi connectivity index (χ1) is 14.4. The van der Waals surface area contributed by atoms with Crippen molar-refractivity contribution >= 4 is 46.0 Å². The van der Waals surface area contributed by atoms with Crippen molar-refractivity contribution in [2.24, 2.45) is 10.4 Å². The third-order valence-corrected chi connectivity index (χ3v) is 6.61. The first-order valence-corrected chi connectivity index (χ1v) is 10.7. The molecule has 2 aromatic rings. The monoisotopic (exact) mass is 438 g/mol. The van der Waals surface area contributed by atoms with E-state index in [1.54, 1.807) is 0 Å². The molecule has 0 radical (unpaired) electrons. The van der Waals surface area contributed by atoms with Gasteiger partial charge in [0.2, 0.25) is 0 Å². The van der Waals surface area contributed by atoms with E-state index in [4.69, 9.17) is 38.8 Å². The Labute approximate surface area is 187 Å². The van der Waals surface area contributed by atoms with E-state index in [-0.39, 0.29) is 11.5 Å². The summed E-state index contributed by atoms with van der Waals surface area (Å²) in [6.45, 7) is 7.41. The second-order valence-corrected chi connectivity index (χ2v) is 8.84. The van der Waals surface area contributed by atoms with Crippen LogP contribution < -0.4 is 4.90 Å². The second-order valence-electron chi connectivity index (χ2n) is 8.02. The highest BCUT2D eigenvalue weighted by Crippen LogP contribution is 2.41. The fourth-order valence-corrected chi connectivity index (χ4v) is 4.54. The van der Waals surface area contributed by atoms with E-state index in [2.05, 4.69) is 29.7 Å².